The number of hydrogen-bond donors (Lipinski definition) is 1. The molecular weight excluding hydrogens is 289 g/mol. The predicted molar refractivity (Wildman–Crippen MR) is 81.6 cm³/mol. The number of sulfone groups is 1. The summed E-state index contributed by atoms with van der Waals surface area (Å²) in [5, 5.41) is 3.12. The summed E-state index contributed by atoms with van der Waals surface area (Å²) in [6.45, 7) is 1.72. The van der Waals surface area contributed by atoms with Gasteiger partial charge in [-0.15, -0.1) is 0 Å². The van der Waals surface area contributed by atoms with Crippen LogP contribution in [-0.2, 0) is 9.84 Å². The van der Waals surface area contributed by atoms with E-state index in [4.69, 9.17) is 0 Å². The van der Waals surface area contributed by atoms with Crippen LogP contribution in [0.4, 0.5) is 4.39 Å². The Kier molecular flexibility index (Phi) is 4.44. The van der Waals surface area contributed by atoms with E-state index in [0.29, 0.717) is 5.56 Å². The first-order valence-electron chi connectivity index (χ1n) is 6.56. The van der Waals surface area contributed by atoms with Gasteiger partial charge in [0.1, 0.15) is 5.82 Å². The first-order valence-corrected chi connectivity index (χ1v) is 8.45. The molecule has 0 aromatic heterocycles. The number of hydrogen-bond acceptors (Lipinski definition) is 3. The third-order valence-corrected chi connectivity index (χ3v) is 4.59. The Morgan fingerprint density at radius 2 is 1.62 bits per heavy atom. The van der Waals surface area contributed by atoms with Crippen LogP contribution in [0.5, 0.6) is 0 Å². The molecule has 2 aromatic rings. The molecule has 0 aliphatic rings. The van der Waals surface area contributed by atoms with Crippen molar-refractivity contribution in [3.63, 3.8) is 0 Å². The average molecular weight is 307 g/mol. The molecule has 0 radical (unpaired) electrons. The molecule has 0 saturated carbocycles. The molecule has 0 fully saturated rings. The van der Waals surface area contributed by atoms with Crippen molar-refractivity contribution in [1.82, 2.24) is 5.32 Å². The molecule has 0 spiro atoms. The third-order valence-electron chi connectivity index (χ3n) is 3.46. The topological polar surface area (TPSA) is 46.2 Å². The van der Waals surface area contributed by atoms with Crippen molar-refractivity contribution < 1.29 is 12.8 Å². The van der Waals surface area contributed by atoms with Gasteiger partial charge < -0.3 is 5.32 Å². The lowest BCUT2D eigenvalue weighted by molar-refractivity contribution is 0.601. The van der Waals surface area contributed by atoms with Gasteiger partial charge in [0.05, 0.1) is 10.9 Å². The van der Waals surface area contributed by atoms with Gasteiger partial charge in [-0.3, -0.25) is 0 Å². The zero-order valence-electron chi connectivity index (χ0n) is 12.2. The van der Waals surface area contributed by atoms with Crippen LogP contribution in [0.3, 0.4) is 0 Å². The first kappa shape index (κ1) is 15.7. The Bertz CT molecular complexity index is 739. The summed E-state index contributed by atoms with van der Waals surface area (Å²) >= 11 is 0. The minimum absolute atomic E-state index is 0.186. The second-order valence-corrected chi connectivity index (χ2v) is 7.09. The maximum absolute atomic E-state index is 13.7. The summed E-state index contributed by atoms with van der Waals surface area (Å²) in [6.07, 6.45) is 1.17. The maximum Gasteiger partial charge on any atom is 0.175 e. The predicted octanol–water partition coefficient (Wildman–Crippen LogP) is 2.85. The van der Waals surface area contributed by atoms with Gasteiger partial charge in [0, 0.05) is 6.26 Å². The highest BCUT2D eigenvalue weighted by Gasteiger charge is 2.14. The molecule has 112 valence electrons. The minimum atomic E-state index is -3.21. The molecule has 0 saturated heterocycles. The SMILES string of the molecule is CNC(c1ccc(S(C)(=O)=O)cc1)c1ccc(C)c(F)c1. The molecule has 0 heterocycles. The molecule has 1 atom stereocenters. The second kappa shape index (κ2) is 5.95. The first-order chi connectivity index (χ1) is 9.82. The van der Waals surface area contributed by atoms with Crippen molar-refractivity contribution in [3.05, 3.63) is 65.0 Å². The summed E-state index contributed by atoms with van der Waals surface area (Å²) in [5.41, 5.74) is 2.28. The number of rotatable bonds is 4. The maximum atomic E-state index is 13.7. The highest BCUT2D eigenvalue weighted by Crippen LogP contribution is 2.24. The van der Waals surface area contributed by atoms with Gasteiger partial charge >= 0.3 is 0 Å². The lowest BCUT2D eigenvalue weighted by atomic mass is 9.98. The van der Waals surface area contributed by atoms with Gasteiger partial charge in [0.25, 0.3) is 0 Å². The van der Waals surface area contributed by atoms with Crippen LogP contribution in [0.1, 0.15) is 22.7 Å². The molecule has 1 unspecified atom stereocenters. The van der Waals surface area contributed by atoms with Crippen molar-refractivity contribution in [2.45, 2.75) is 17.9 Å². The number of benzene rings is 2. The number of aryl methyl sites for hydroxylation is 1. The van der Waals surface area contributed by atoms with E-state index in [9.17, 15) is 12.8 Å². The molecule has 3 nitrogen and oxygen atoms in total. The van der Waals surface area contributed by atoms with Crippen LogP contribution in [0.15, 0.2) is 47.4 Å². The van der Waals surface area contributed by atoms with Crippen molar-refractivity contribution >= 4 is 9.84 Å². The van der Waals surface area contributed by atoms with Crippen LogP contribution in [0, 0.1) is 12.7 Å². The zero-order chi connectivity index (χ0) is 15.6. The van der Waals surface area contributed by atoms with Gasteiger partial charge in [-0.1, -0.05) is 24.3 Å². The lowest BCUT2D eigenvalue weighted by Crippen LogP contribution is -2.18. The molecular formula is C16H18FNO2S. The monoisotopic (exact) mass is 307 g/mol. The van der Waals surface area contributed by atoms with Crippen molar-refractivity contribution in [2.75, 3.05) is 13.3 Å². The van der Waals surface area contributed by atoms with Crippen LogP contribution < -0.4 is 5.32 Å². The molecule has 0 amide bonds. The van der Waals surface area contributed by atoms with Gasteiger partial charge in [-0.05, 0) is 48.9 Å². The van der Waals surface area contributed by atoms with E-state index in [1.54, 1.807) is 44.3 Å². The fourth-order valence-corrected chi connectivity index (χ4v) is 2.85. The van der Waals surface area contributed by atoms with Crippen molar-refractivity contribution in [1.29, 1.82) is 0 Å². The van der Waals surface area contributed by atoms with E-state index in [0.717, 1.165) is 11.1 Å². The average Bonchev–Trinajstić information content (AvgIpc) is 2.43. The van der Waals surface area contributed by atoms with Crippen LogP contribution in [0.2, 0.25) is 0 Å². The van der Waals surface area contributed by atoms with E-state index in [-0.39, 0.29) is 16.8 Å². The summed E-state index contributed by atoms with van der Waals surface area (Å²) in [6, 6.07) is 11.5. The van der Waals surface area contributed by atoms with Crippen molar-refractivity contribution in [2.24, 2.45) is 0 Å². The smallest absolute Gasteiger partial charge is 0.175 e. The van der Waals surface area contributed by atoms with Gasteiger partial charge in [0.15, 0.2) is 9.84 Å². The highest BCUT2D eigenvalue weighted by molar-refractivity contribution is 7.90. The van der Waals surface area contributed by atoms with E-state index in [1.165, 1.54) is 12.3 Å². The summed E-state index contributed by atoms with van der Waals surface area (Å²) in [5.74, 6) is -0.250. The van der Waals surface area contributed by atoms with Gasteiger partial charge in [0.2, 0.25) is 0 Å². The quantitative estimate of drug-likeness (QED) is 0.945. The lowest BCUT2D eigenvalue weighted by Gasteiger charge is -2.18. The Hall–Kier alpha value is -1.72. The molecule has 5 heteroatoms. The fourth-order valence-electron chi connectivity index (χ4n) is 2.22. The fraction of sp³-hybridized carbons (Fsp3) is 0.250. The molecule has 21 heavy (non-hydrogen) atoms. The van der Waals surface area contributed by atoms with Crippen LogP contribution in [-0.4, -0.2) is 21.7 Å². The molecule has 0 aliphatic carbocycles. The Morgan fingerprint density at radius 3 is 2.10 bits per heavy atom. The molecule has 1 N–H and O–H groups in total. The molecule has 2 aromatic carbocycles. The molecule has 0 aliphatic heterocycles. The zero-order valence-corrected chi connectivity index (χ0v) is 13.0. The van der Waals surface area contributed by atoms with E-state index in [2.05, 4.69) is 5.32 Å². The Labute approximate surface area is 124 Å². The van der Waals surface area contributed by atoms with Crippen molar-refractivity contribution in [3.8, 4) is 0 Å². The molecule has 2 rings (SSSR count). The van der Waals surface area contributed by atoms with Gasteiger partial charge in [-0.2, -0.15) is 0 Å². The van der Waals surface area contributed by atoms with E-state index in [1.807, 2.05) is 6.07 Å². The second-order valence-electron chi connectivity index (χ2n) is 5.07. The van der Waals surface area contributed by atoms with Gasteiger partial charge in [-0.25, -0.2) is 12.8 Å². The van der Waals surface area contributed by atoms with E-state index >= 15 is 0 Å². The van der Waals surface area contributed by atoms with Crippen LogP contribution in [0.25, 0.3) is 0 Å². The Morgan fingerprint density at radius 1 is 1.05 bits per heavy atom. The highest BCUT2D eigenvalue weighted by atomic mass is 32.2. The Balaban J connectivity index is 2.39. The number of nitrogens with one attached hydrogen (secondary N) is 1. The third kappa shape index (κ3) is 3.49. The molecule has 0 bridgehead atoms. The number of halogens is 1. The normalized spacial score (nSPS) is 13.1. The minimum Gasteiger partial charge on any atom is -0.309 e. The summed E-state index contributed by atoms with van der Waals surface area (Å²) < 4.78 is 36.6. The summed E-state index contributed by atoms with van der Waals surface area (Å²) in [7, 11) is -1.42. The largest absolute Gasteiger partial charge is 0.309 e. The standard InChI is InChI=1S/C16H18FNO2S/c1-11-4-5-13(10-15(11)17)16(18-2)12-6-8-14(9-7-12)21(3,19)20/h4-10,16,18H,1-3H3. The van der Waals surface area contributed by atoms with E-state index < -0.39 is 9.84 Å². The summed E-state index contributed by atoms with van der Waals surface area (Å²) in [4.78, 5) is 0.274. The van der Waals surface area contributed by atoms with Crippen LogP contribution >= 0.6 is 0 Å².